The van der Waals surface area contributed by atoms with Crippen molar-refractivity contribution < 1.29 is 9.47 Å². The van der Waals surface area contributed by atoms with Crippen LogP contribution in [0.5, 0.6) is 11.5 Å². The summed E-state index contributed by atoms with van der Waals surface area (Å²) in [5.41, 5.74) is 4.30. The maximum Gasteiger partial charge on any atom is 0.174 e. The van der Waals surface area contributed by atoms with E-state index in [4.69, 9.17) is 9.47 Å². The summed E-state index contributed by atoms with van der Waals surface area (Å²) in [6.07, 6.45) is 1.82. The van der Waals surface area contributed by atoms with Crippen LogP contribution in [-0.2, 0) is 0 Å². The zero-order chi connectivity index (χ0) is 15.4. The number of aryl methyl sites for hydroxylation is 2. The minimum absolute atomic E-state index is 0.675. The van der Waals surface area contributed by atoms with Gasteiger partial charge in [0, 0.05) is 6.21 Å². The molecule has 0 saturated heterocycles. The standard InChI is InChI=1S/C17H18BrNO2/c1-11-5-6-15(12(2)7-11)19-10-13-8-14(18)17(21-4)16(9-13)20-3/h5-10H,1-4H3. The number of hydrogen-bond acceptors (Lipinski definition) is 3. The molecular weight excluding hydrogens is 330 g/mol. The number of halogens is 1. The van der Waals surface area contributed by atoms with E-state index in [-0.39, 0.29) is 0 Å². The van der Waals surface area contributed by atoms with Crippen LogP contribution in [0.4, 0.5) is 5.69 Å². The van der Waals surface area contributed by atoms with Gasteiger partial charge in [0.1, 0.15) is 0 Å². The van der Waals surface area contributed by atoms with E-state index in [2.05, 4.69) is 46.9 Å². The zero-order valence-corrected chi connectivity index (χ0v) is 14.2. The lowest BCUT2D eigenvalue weighted by Gasteiger charge is -2.10. The molecule has 3 nitrogen and oxygen atoms in total. The summed E-state index contributed by atoms with van der Waals surface area (Å²) in [7, 11) is 3.24. The molecule has 0 N–H and O–H groups in total. The van der Waals surface area contributed by atoms with E-state index in [0.29, 0.717) is 11.5 Å². The lowest BCUT2D eigenvalue weighted by Crippen LogP contribution is -1.93. The average Bonchev–Trinajstić information content (AvgIpc) is 2.45. The van der Waals surface area contributed by atoms with Gasteiger partial charge < -0.3 is 9.47 Å². The Bertz CT molecular complexity index is 681. The van der Waals surface area contributed by atoms with Crippen LogP contribution in [0.25, 0.3) is 0 Å². The van der Waals surface area contributed by atoms with Gasteiger partial charge in [-0.3, -0.25) is 4.99 Å². The Hall–Kier alpha value is -1.81. The smallest absolute Gasteiger partial charge is 0.174 e. The molecule has 0 aliphatic rings. The van der Waals surface area contributed by atoms with E-state index in [1.807, 2.05) is 24.4 Å². The summed E-state index contributed by atoms with van der Waals surface area (Å²) >= 11 is 3.48. The molecule has 21 heavy (non-hydrogen) atoms. The molecule has 110 valence electrons. The van der Waals surface area contributed by atoms with Crippen LogP contribution in [0.3, 0.4) is 0 Å². The van der Waals surface area contributed by atoms with Crippen LogP contribution in [0.15, 0.2) is 39.8 Å². The number of hydrogen-bond donors (Lipinski definition) is 0. The normalized spacial score (nSPS) is 10.9. The summed E-state index contributed by atoms with van der Waals surface area (Å²) in [5.74, 6) is 1.36. The molecule has 0 saturated carbocycles. The average molecular weight is 348 g/mol. The van der Waals surface area contributed by atoms with Gasteiger partial charge in [0.05, 0.1) is 24.4 Å². The van der Waals surface area contributed by atoms with Gasteiger partial charge in [0.15, 0.2) is 11.5 Å². The second-order valence-electron chi connectivity index (χ2n) is 4.79. The van der Waals surface area contributed by atoms with Gasteiger partial charge in [-0.15, -0.1) is 0 Å². The summed E-state index contributed by atoms with van der Waals surface area (Å²) < 4.78 is 11.5. The third-order valence-corrected chi connectivity index (χ3v) is 3.75. The monoisotopic (exact) mass is 347 g/mol. The first kappa shape index (κ1) is 15.6. The fourth-order valence-electron chi connectivity index (χ4n) is 2.11. The Balaban J connectivity index is 2.35. The highest BCUT2D eigenvalue weighted by Crippen LogP contribution is 2.36. The molecule has 2 aromatic rings. The SMILES string of the molecule is COc1cc(C=Nc2ccc(C)cc2C)cc(Br)c1OC. The van der Waals surface area contributed by atoms with E-state index in [9.17, 15) is 0 Å². The Labute approximate surface area is 133 Å². The molecule has 0 fully saturated rings. The van der Waals surface area contributed by atoms with E-state index in [0.717, 1.165) is 21.3 Å². The minimum Gasteiger partial charge on any atom is -0.493 e. The van der Waals surface area contributed by atoms with Gasteiger partial charge in [0.2, 0.25) is 0 Å². The topological polar surface area (TPSA) is 30.8 Å². The number of methoxy groups -OCH3 is 2. The molecule has 2 aromatic carbocycles. The maximum absolute atomic E-state index is 5.33. The van der Waals surface area contributed by atoms with Crippen molar-refractivity contribution in [1.29, 1.82) is 0 Å². The number of rotatable bonds is 4. The summed E-state index contributed by atoms with van der Waals surface area (Å²) in [6, 6.07) is 10.1. The highest BCUT2D eigenvalue weighted by atomic mass is 79.9. The van der Waals surface area contributed by atoms with E-state index >= 15 is 0 Å². The summed E-state index contributed by atoms with van der Waals surface area (Å²) in [4.78, 5) is 4.55. The van der Waals surface area contributed by atoms with Gasteiger partial charge in [-0.2, -0.15) is 0 Å². The lowest BCUT2D eigenvalue weighted by molar-refractivity contribution is 0.353. The highest BCUT2D eigenvalue weighted by molar-refractivity contribution is 9.10. The molecule has 0 amide bonds. The van der Waals surface area contributed by atoms with Crippen molar-refractivity contribution in [2.75, 3.05) is 14.2 Å². The van der Waals surface area contributed by atoms with Gasteiger partial charge in [-0.25, -0.2) is 0 Å². The fraction of sp³-hybridized carbons (Fsp3) is 0.235. The van der Waals surface area contributed by atoms with Gasteiger partial charge in [-0.1, -0.05) is 17.7 Å². The minimum atomic E-state index is 0.675. The van der Waals surface area contributed by atoms with Crippen LogP contribution in [0.1, 0.15) is 16.7 Å². The number of aliphatic imine (C=N–C) groups is 1. The third-order valence-electron chi connectivity index (χ3n) is 3.16. The van der Waals surface area contributed by atoms with Gasteiger partial charge in [-0.05, 0) is 59.1 Å². The Morgan fingerprint density at radius 1 is 1.05 bits per heavy atom. The first-order valence-electron chi connectivity index (χ1n) is 6.58. The van der Waals surface area contributed by atoms with Gasteiger partial charge in [0.25, 0.3) is 0 Å². The van der Waals surface area contributed by atoms with E-state index < -0.39 is 0 Å². The maximum atomic E-state index is 5.33. The van der Waals surface area contributed by atoms with Crippen molar-refractivity contribution in [2.45, 2.75) is 13.8 Å². The number of benzene rings is 2. The van der Waals surface area contributed by atoms with Crippen LogP contribution in [0, 0.1) is 13.8 Å². The van der Waals surface area contributed by atoms with Crippen molar-refractivity contribution in [3.8, 4) is 11.5 Å². The Morgan fingerprint density at radius 2 is 1.81 bits per heavy atom. The molecule has 0 spiro atoms. The lowest BCUT2D eigenvalue weighted by atomic mass is 10.1. The summed E-state index contributed by atoms with van der Waals surface area (Å²) in [5, 5.41) is 0. The highest BCUT2D eigenvalue weighted by Gasteiger charge is 2.09. The van der Waals surface area contributed by atoms with E-state index in [1.54, 1.807) is 14.2 Å². The molecular formula is C17H18BrNO2. The first-order chi connectivity index (χ1) is 10.0. The second-order valence-corrected chi connectivity index (χ2v) is 5.64. The van der Waals surface area contributed by atoms with Crippen molar-refractivity contribution in [3.05, 3.63) is 51.5 Å². The Morgan fingerprint density at radius 3 is 2.43 bits per heavy atom. The number of ether oxygens (including phenoxy) is 2. The van der Waals surface area contributed by atoms with Crippen LogP contribution in [-0.4, -0.2) is 20.4 Å². The molecule has 0 atom stereocenters. The molecule has 0 aliphatic heterocycles. The predicted octanol–water partition coefficient (Wildman–Crippen LogP) is 4.83. The van der Waals surface area contributed by atoms with Crippen molar-refractivity contribution in [1.82, 2.24) is 0 Å². The third kappa shape index (κ3) is 3.64. The van der Waals surface area contributed by atoms with Crippen molar-refractivity contribution in [3.63, 3.8) is 0 Å². The van der Waals surface area contributed by atoms with Crippen LogP contribution in [0.2, 0.25) is 0 Å². The first-order valence-corrected chi connectivity index (χ1v) is 7.37. The molecule has 0 heterocycles. The molecule has 0 unspecified atom stereocenters. The molecule has 0 aliphatic carbocycles. The molecule has 4 heteroatoms. The zero-order valence-electron chi connectivity index (χ0n) is 12.6. The second kappa shape index (κ2) is 6.76. The fourth-order valence-corrected chi connectivity index (χ4v) is 2.73. The summed E-state index contributed by atoms with van der Waals surface area (Å²) in [6.45, 7) is 4.14. The van der Waals surface area contributed by atoms with Crippen LogP contribution >= 0.6 is 15.9 Å². The van der Waals surface area contributed by atoms with Crippen LogP contribution < -0.4 is 9.47 Å². The molecule has 0 bridgehead atoms. The number of nitrogens with zero attached hydrogens (tertiary/aromatic N) is 1. The molecule has 2 rings (SSSR count). The van der Waals surface area contributed by atoms with Crippen molar-refractivity contribution >= 4 is 27.8 Å². The van der Waals surface area contributed by atoms with Gasteiger partial charge >= 0.3 is 0 Å². The van der Waals surface area contributed by atoms with E-state index in [1.165, 1.54) is 5.56 Å². The molecule has 0 radical (unpaired) electrons. The van der Waals surface area contributed by atoms with Crippen molar-refractivity contribution in [2.24, 2.45) is 4.99 Å². The largest absolute Gasteiger partial charge is 0.493 e. The molecule has 0 aromatic heterocycles. The Kier molecular flexibility index (Phi) is 5.02. The predicted molar refractivity (Wildman–Crippen MR) is 90.4 cm³/mol. The quantitative estimate of drug-likeness (QED) is 0.741.